The lowest BCUT2D eigenvalue weighted by Crippen LogP contribution is -2.38. The average molecular weight is 653 g/mol. The van der Waals surface area contributed by atoms with E-state index in [9.17, 15) is 14.4 Å². The molecule has 2 amide bonds. The van der Waals surface area contributed by atoms with E-state index in [1.54, 1.807) is 23.1 Å². The van der Waals surface area contributed by atoms with Gasteiger partial charge in [-0.25, -0.2) is 4.68 Å². The first kappa shape index (κ1) is 31.1. The monoisotopic (exact) mass is 652 g/mol. The van der Waals surface area contributed by atoms with E-state index in [1.165, 1.54) is 6.92 Å². The van der Waals surface area contributed by atoms with Gasteiger partial charge in [-0.15, -0.1) is 0 Å². The highest BCUT2D eigenvalue weighted by Gasteiger charge is 2.41. The Hall–Kier alpha value is -5.53. The molecule has 0 bridgehead atoms. The second kappa shape index (κ2) is 12.9. The van der Waals surface area contributed by atoms with Gasteiger partial charge in [0.05, 0.1) is 11.4 Å². The van der Waals surface area contributed by atoms with Crippen molar-refractivity contribution in [2.75, 3.05) is 18.4 Å². The minimum Gasteiger partial charge on any atom is -0.344 e. The molecular formula is C40H33ClN4O3. The maximum atomic E-state index is 13.8. The Kier molecular flexibility index (Phi) is 8.38. The van der Waals surface area contributed by atoms with Gasteiger partial charge in [-0.1, -0.05) is 109 Å². The van der Waals surface area contributed by atoms with Crippen molar-refractivity contribution in [2.24, 2.45) is 5.92 Å². The number of ketones is 1. The lowest BCUT2D eigenvalue weighted by Gasteiger charge is -2.37. The standard InChI is InChI=1S/C40H33ClN4O3/c1-27(47)28-17-19-36(41)34(23-28)29-18-20-37-35(24-29)38(42-39(48)30-21-22-44(25-30)26-46)43-45(37)40(31-11-5-2-6-12-31,32-13-7-3-8-14-32)33-15-9-4-10-16-33/h2-20,23-24,26,30H,21-22,25H2,1H3,(H,42,43,48)/t30-/m1/s1. The fourth-order valence-corrected chi connectivity index (χ4v) is 7.05. The summed E-state index contributed by atoms with van der Waals surface area (Å²) in [7, 11) is 0. The number of hydrogen-bond donors (Lipinski definition) is 1. The summed E-state index contributed by atoms with van der Waals surface area (Å²) in [6, 6.07) is 41.9. The number of aromatic nitrogens is 2. The van der Waals surface area contributed by atoms with Crippen molar-refractivity contribution >= 4 is 46.4 Å². The van der Waals surface area contributed by atoms with E-state index < -0.39 is 5.54 Å². The number of carbonyl (C=O) groups excluding carboxylic acids is 3. The largest absolute Gasteiger partial charge is 0.344 e. The van der Waals surface area contributed by atoms with Crippen LogP contribution in [0.3, 0.4) is 0 Å². The van der Waals surface area contributed by atoms with Crippen molar-refractivity contribution in [3.05, 3.63) is 155 Å². The molecule has 1 N–H and O–H groups in total. The Morgan fingerprint density at radius 1 is 0.833 bits per heavy atom. The molecule has 48 heavy (non-hydrogen) atoms. The summed E-state index contributed by atoms with van der Waals surface area (Å²) in [6.45, 7) is 2.42. The van der Waals surface area contributed by atoms with Crippen LogP contribution in [0.4, 0.5) is 5.82 Å². The van der Waals surface area contributed by atoms with Crippen LogP contribution < -0.4 is 5.32 Å². The Bertz CT molecular complexity index is 2030. The number of hydrogen-bond acceptors (Lipinski definition) is 4. The normalized spacial score (nSPS) is 14.6. The summed E-state index contributed by atoms with van der Waals surface area (Å²) in [5.41, 5.74) is 4.86. The predicted molar refractivity (Wildman–Crippen MR) is 189 cm³/mol. The number of amides is 2. The van der Waals surface area contributed by atoms with Crippen molar-refractivity contribution in [1.82, 2.24) is 14.7 Å². The van der Waals surface area contributed by atoms with Crippen LogP contribution in [0.15, 0.2) is 127 Å². The van der Waals surface area contributed by atoms with E-state index in [0.29, 0.717) is 46.9 Å². The number of Topliss-reactive ketones (excluding diaryl/α,β-unsaturated/α-hetero) is 1. The Morgan fingerprint density at radius 3 is 1.98 bits per heavy atom. The number of likely N-dealkylation sites (tertiary alicyclic amines) is 1. The van der Waals surface area contributed by atoms with Crippen LogP contribution in [0.25, 0.3) is 22.0 Å². The van der Waals surface area contributed by atoms with Crippen molar-refractivity contribution in [2.45, 2.75) is 18.9 Å². The second-order valence-corrected chi connectivity index (χ2v) is 12.5. The first-order valence-electron chi connectivity index (χ1n) is 15.9. The molecule has 238 valence electrons. The number of nitrogens with one attached hydrogen (secondary N) is 1. The summed E-state index contributed by atoms with van der Waals surface area (Å²) in [6.07, 6.45) is 1.36. The Balaban J connectivity index is 1.51. The first-order valence-corrected chi connectivity index (χ1v) is 16.3. The molecule has 2 heterocycles. The molecule has 7 rings (SSSR count). The molecule has 1 atom stereocenters. The third-order valence-corrected chi connectivity index (χ3v) is 9.57. The maximum absolute atomic E-state index is 13.8. The van der Waals surface area contributed by atoms with Gasteiger partial charge in [0.1, 0.15) is 5.54 Å². The highest BCUT2D eigenvalue weighted by molar-refractivity contribution is 6.33. The van der Waals surface area contributed by atoms with Crippen molar-refractivity contribution in [3.8, 4) is 11.1 Å². The predicted octanol–water partition coefficient (Wildman–Crippen LogP) is 7.82. The second-order valence-electron chi connectivity index (χ2n) is 12.1. The Labute approximate surface area is 283 Å². The zero-order valence-corrected chi connectivity index (χ0v) is 27.1. The number of fused-ring (bicyclic) bond motifs is 1. The molecule has 0 spiro atoms. The van der Waals surface area contributed by atoms with Crippen LogP contribution in [0.5, 0.6) is 0 Å². The third-order valence-electron chi connectivity index (χ3n) is 9.24. The van der Waals surface area contributed by atoms with E-state index in [-0.39, 0.29) is 17.6 Å². The third kappa shape index (κ3) is 5.46. The molecule has 0 aliphatic carbocycles. The number of nitrogens with zero attached hydrogens (tertiary/aromatic N) is 3. The van der Waals surface area contributed by atoms with Crippen molar-refractivity contribution < 1.29 is 14.4 Å². The van der Waals surface area contributed by atoms with E-state index >= 15 is 0 Å². The molecule has 0 unspecified atom stereocenters. The summed E-state index contributed by atoms with van der Waals surface area (Å²) >= 11 is 6.71. The minimum absolute atomic E-state index is 0.0611. The van der Waals surface area contributed by atoms with E-state index in [0.717, 1.165) is 34.2 Å². The maximum Gasteiger partial charge on any atom is 0.230 e. The minimum atomic E-state index is -0.930. The molecule has 6 aromatic rings. The summed E-state index contributed by atoms with van der Waals surface area (Å²) < 4.78 is 2.00. The number of anilines is 1. The van der Waals surface area contributed by atoms with Gasteiger partial charge in [0.25, 0.3) is 0 Å². The van der Waals surface area contributed by atoms with Crippen LogP contribution in [-0.4, -0.2) is 45.9 Å². The molecule has 1 aliphatic heterocycles. The molecule has 5 aromatic carbocycles. The first-order chi connectivity index (χ1) is 23.4. The molecule has 1 aliphatic rings. The summed E-state index contributed by atoms with van der Waals surface area (Å²) in [5.74, 6) is -0.221. The van der Waals surface area contributed by atoms with Crippen molar-refractivity contribution in [3.63, 3.8) is 0 Å². The van der Waals surface area contributed by atoms with Gasteiger partial charge in [0, 0.05) is 34.6 Å². The molecule has 1 aromatic heterocycles. The highest BCUT2D eigenvalue weighted by Crippen LogP contribution is 2.44. The number of benzene rings is 5. The molecule has 1 saturated heterocycles. The van der Waals surface area contributed by atoms with Crippen LogP contribution in [0, 0.1) is 5.92 Å². The number of rotatable bonds is 9. The van der Waals surface area contributed by atoms with Gasteiger partial charge < -0.3 is 10.2 Å². The average Bonchev–Trinajstić information content (AvgIpc) is 3.76. The van der Waals surface area contributed by atoms with Gasteiger partial charge in [-0.3, -0.25) is 14.4 Å². The molecule has 1 fully saturated rings. The van der Waals surface area contributed by atoms with Crippen LogP contribution in [-0.2, 0) is 15.1 Å². The number of carbonyl (C=O) groups is 3. The number of halogens is 1. The zero-order valence-electron chi connectivity index (χ0n) is 26.3. The van der Waals surface area contributed by atoms with Gasteiger partial charge in [0.2, 0.25) is 12.3 Å². The molecule has 0 saturated carbocycles. The fraction of sp³-hybridized carbons (Fsp3) is 0.150. The SMILES string of the molecule is CC(=O)c1ccc(Cl)c(-c2ccc3c(c2)c(NC(=O)[C@@H]2CCN(C=O)C2)nn3C(c2ccccc2)(c2ccccc2)c2ccccc2)c1. The lowest BCUT2D eigenvalue weighted by molar-refractivity contribution is -0.120. The molecule has 7 nitrogen and oxygen atoms in total. The zero-order chi connectivity index (χ0) is 33.3. The molecule has 0 radical (unpaired) electrons. The fourth-order valence-electron chi connectivity index (χ4n) is 6.82. The van der Waals surface area contributed by atoms with Crippen LogP contribution >= 0.6 is 11.6 Å². The summed E-state index contributed by atoms with van der Waals surface area (Å²) in [4.78, 5) is 39.1. The molecular weight excluding hydrogens is 620 g/mol. The van der Waals surface area contributed by atoms with Gasteiger partial charge in [-0.05, 0) is 65.9 Å². The highest BCUT2D eigenvalue weighted by atomic mass is 35.5. The topological polar surface area (TPSA) is 84.3 Å². The van der Waals surface area contributed by atoms with Gasteiger partial charge in [0.15, 0.2) is 11.6 Å². The van der Waals surface area contributed by atoms with E-state index in [1.807, 2.05) is 77.5 Å². The van der Waals surface area contributed by atoms with Crippen molar-refractivity contribution in [1.29, 1.82) is 0 Å². The lowest BCUT2D eigenvalue weighted by atomic mass is 9.77. The molecule has 8 heteroatoms. The van der Waals surface area contributed by atoms with Gasteiger partial charge in [-0.2, -0.15) is 5.10 Å². The van der Waals surface area contributed by atoms with Gasteiger partial charge >= 0.3 is 0 Å². The smallest absolute Gasteiger partial charge is 0.230 e. The Morgan fingerprint density at radius 2 is 1.44 bits per heavy atom. The van der Waals surface area contributed by atoms with E-state index in [2.05, 4.69) is 41.7 Å². The summed E-state index contributed by atoms with van der Waals surface area (Å²) in [5, 5.41) is 9.61. The van der Waals surface area contributed by atoms with Crippen LogP contribution in [0.1, 0.15) is 40.4 Å². The quantitative estimate of drug-likeness (QED) is 0.0981. The van der Waals surface area contributed by atoms with E-state index in [4.69, 9.17) is 16.7 Å². The van der Waals surface area contributed by atoms with Crippen LogP contribution in [0.2, 0.25) is 5.02 Å².